The number of hydrogen-bond acceptors (Lipinski definition) is 3. The molecule has 18 heavy (non-hydrogen) atoms. The average molecular weight is 252 g/mol. The third kappa shape index (κ3) is 7.09. The topological polar surface area (TPSA) is 55.0 Å². The molecule has 1 N–H and O–H groups in total. The third-order valence-corrected chi connectivity index (χ3v) is 2.91. The first-order valence-electron chi connectivity index (χ1n) is 6.95. The second-order valence-corrected chi connectivity index (χ2v) is 4.57. The fourth-order valence-corrected chi connectivity index (χ4v) is 1.80. The predicted octanol–water partition coefficient (Wildman–Crippen LogP) is 3.25. The average Bonchev–Trinajstić information content (AvgIpc) is 2.88. The van der Waals surface area contributed by atoms with E-state index in [1.165, 1.54) is 25.7 Å². The maximum absolute atomic E-state index is 11.4. The first-order chi connectivity index (χ1) is 8.83. The first-order valence-corrected chi connectivity index (χ1v) is 6.95. The van der Waals surface area contributed by atoms with Crippen LogP contribution in [0.1, 0.15) is 57.6 Å². The Hall–Kier alpha value is -1.32. The van der Waals surface area contributed by atoms with Crippen molar-refractivity contribution in [3.63, 3.8) is 0 Å². The molecule has 0 bridgehead atoms. The van der Waals surface area contributed by atoms with E-state index in [-0.39, 0.29) is 5.97 Å². The highest BCUT2D eigenvalue weighted by atomic mass is 16.5. The van der Waals surface area contributed by atoms with Gasteiger partial charge in [0.1, 0.15) is 0 Å². The number of aromatic amines is 1. The summed E-state index contributed by atoms with van der Waals surface area (Å²) in [6.45, 7) is 2.77. The third-order valence-electron chi connectivity index (χ3n) is 2.91. The molecule has 4 heteroatoms. The lowest BCUT2D eigenvalue weighted by Gasteiger charge is -2.04. The normalized spacial score (nSPS) is 10.5. The molecular weight excluding hydrogens is 228 g/mol. The zero-order chi connectivity index (χ0) is 13.1. The van der Waals surface area contributed by atoms with Crippen LogP contribution in [0.3, 0.4) is 0 Å². The number of imidazole rings is 1. The van der Waals surface area contributed by atoms with Gasteiger partial charge in [-0.1, -0.05) is 39.0 Å². The van der Waals surface area contributed by atoms with E-state index in [0.29, 0.717) is 19.4 Å². The van der Waals surface area contributed by atoms with E-state index < -0.39 is 0 Å². The van der Waals surface area contributed by atoms with E-state index in [1.807, 2.05) is 0 Å². The van der Waals surface area contributed by atoms with Gasteiger partial charge in [-0.05, 0) is 12.8 Å². The molecule has 0 fully saturated rings. The number of hydrogen-bond donors (Lipinski definition) is 1. The van der Waals surface area contributed by atoms with Gasteiger partial charge in [0, 0.05) is 11.9 Å². The van der Waals surface area contributed by atoms with Gasteiger partial charge < -0.3 is 9.72 Å². The number of nitrogens with zero attached hydrogens (tertiary/aromatic N) is 1. The molecule has 0 aliphatic carbocycles. The molecule has 1 aromatic heterocycles. The number of H-pyrrole nitrogens is 1. The number of ether oxygens (including phenoxy) is 1. The summed E-state index contributed by atoms with van der Waals surface area (Å²) in [5.41, 5.74) is 0.978. The predicted molar refractivity (Wildman–Crippen MR) is 71.2 cm³/mol. The summed E-state index contributed by atoms with van der Waals surface area (Å²) in [6, 6.07) is 0. The van der Waals surface area contributed by atoms with Crippen LogP contribution in [0.25, 0.3) is 0 Å². The number of aromatic nitrogens is 2. The van der Waals surface area contributed by atoms with Crippen molar-refractivity contribution in [2.24, 2.45) is 0 Å². The summed E-state index contributed by atoms with van der Waals surface area (Å²) in [5, 5.41) is 0. The van der Waals surface area contributed by atoms with Crippen molar-refractivity contribution in [1.82, 2.24) is 9.97 Å². The largest absolute Gasteiger partial charge is 0.466 e. The highest BCUT2D eigenvalue weighted by Gasteiger charge is 2.04. The lowest BCUT2D eigenvalue weighted by atomic mass is 10.1. The molecule has 0 saturated carbocycles. The molecule has 1 heterocycles. The molecule has 0 aliphatic rings. The van der Waals surface area contributed by atoms with Crippen molar-refractivity contribution < 1.29 is 9.53 Å². The fraction of sp³-hybridized carbons (Fsp3) is 0.714. The lowest BCUT2D eigenvalue weighted by Crippen LogP contribution is -2.07. The van der Waals surface area contributed by atoms with Crippen molar-refractivity contribution in [2.45, 2.75) is 58.3 Å². The maximum atomic E-state index is 11.4. The van der Waals surface area contributed by atoms with Gasteiger partial charge in [0.2, 0.25) is 0 Å². The summed E-state index contributed by atoms with van der Waals surface area (Å²) in [4.78, 5) is 18.3. The Kier molecular flexibility index (Phi) is 7.93. The van der Waals surface area contributed by atoms with Gasteiger partial charge in [-0.2, -0.15) is 0 Å². The monoisotopic (exact) mass is 252 g/mol. The number of carbonyl (C=O) groups is 1. The molecule has 4 nitrogen and oxygen atoms in total. The summed E-state index contributed by atoms with van der Waals surface area (Å²) in [7, 11) is 0. The standard InChI is InChI=1S/C14H24N2O2/c1-2-3-4-5-6-7-10-18-14(17)9-8-13-11-15-12-16-13/h11-12H,2-10H2,1H3,(H,15,16). The van der Waals surface area contributed by atoms with Crippen LogP contribution in [0.15, 0.2) is 12.5 Å². The van der Waals surface area contributed by atoms with Gasteiger partial charge in [-0.15, -0.1) is 0 Å². The van der Waals surface area contributed by atoms with Crippen LogP contribution in [0.5, 0.6) is 0 Å². The minimum absolute atomic E-state index is 0.113. The molecule has 0 saturated heterocycles. The molecule has 0 radical (unpaired) electrons. The molecular formula is C14H24N2O2. The van der Waals surface area contributed by atoms with Gasteiger partial charge in [0.25, 0.3) is 0 Å². The Morgan fingerprint density at radius 1 is 1.28 bits per heavy atom. The molecule has 0 aromatic carbocycles. The van der Waals surface area contributed by atoms with E-state index in [2.05, 4.69) is 16.9 Å². The maximum Gasteiger partial charge on any atom is 0.306 e. The van der Waals surface area contributed by atoms with E-state index in [9.17, 15) is 4.79 Å². The van der Waals surface area contributed by atoms with E-state index in [4.69, 9.17) is 4.74 Å². The van der Waals surface area contributed by atoms with Crippen molar-refractivity contribution in [2.75, 3.05) is 6.61 Å². The van der Waals surface area contributed by atoms with Gasteiger partial charge in [-0.25, -0.2) is 4.98 Å². The van der Waals surface area contributed by atoms with Crippen molar-refractivity contribution >= 4 is 5.97 Å². The molecule has 102 valence electrons. The number of carbonyl (C=O) groups excluding carboxylic acids is 1. The van der Waals surface area contributed by atoms with Crippen LogP contribution in [0.4, 0.5) is 0 Å². The zero-order valence-electron chi connectivity index (χ0n) is 11.3. The quantitative estimate of drug-likeness (QED) is 0.513. The van der Waals surface area contributed by atoms with Gasteiger partial charge in [0.05, 0.1) is 19.4 Å². The number of nitrogens with one attached hydrogen (secondary N) is 1. The second-order valence-electron chi connectivity index (χ2n) is 4.57. The van der Waals surface area contributed by atoms with E-state index in [1.54, 1.807) is 12.5 Å². The van der Waals surface area contributed by atoms with Crippen LogP contribution < -0.4 is 0 Å². The van der Waals surface area contributed by atoms with E-state index >= 15 is 0 Å². The molecule has 0 unspecified atom stereocenters. The number of rotatable bonds is 10. The van der Waals surface area contributed by atoms with Crippen LogP contribution in [-0.2, 0) is 16.0 Å². The molecule has 1 aromatic rings. The van der Waals surface area contributed by atoms with Gasteiger partial charge >= 0.3 is 5.97 Å². The Labute approximate surface area is 109 Å². The second kappa shape index (κ2) is 9.68. The SMILES string of the molecule is CCCCCCCCOC(=O)CCc1cnc[nH]1. The van der Waals surface area contributed by atoms with Crippen LogP contribution in [0.2, 0.25) is 0 Å². The highest BCUT2D eigenvalue weighted by molar-refractivity contribution is 5.69. The lowest BCUT2D eigenvalue weighted by molar-refractivity contribution is -0.143. The summed E-state index contributed by atoms with van der Waals surface area (Å²) in [5.74, 6) is -0.113. The van der Waals surface area contributed by atoms with Gasteiger partial charge in [0.15, 0.2) is 0 Å². The Bertz CT molecular complexity index is 310. The minimum atomic E-state index is -0.113. The Morgan fingerprint density at radius 2 is 2.06 bits per heavy atom. The molecule has 1 rings (SSSR count). The summed E-state index contributed by atoms with van der Waals surface area (Å²) >= 11 is 0. The summed E-state index contributed by atoms with van der Waals surface area (Å²) < 4.78 is 5.17. The summed E-state index contributed by atoms with van der Waals surface area (Å²) in [6.07, 6.45) is 11.7. The minimum Gasteiger partial charge on any atom is -0.466 e. The first kappa shape index (κ1) is 14.7. The Balaban J connectivity index is 1.90. The number of esters is 1. The fourth-order valence-electron chi connectivity index (χ4n) is 1.80. The number of aryl methyl sites for hydroxylation is 1. The van der Waals surface area contributed by atoms with E-state index in [0.717, 1.165) is 18.5 Å². The molecule has 0 atom stereocenters. The van der Waals surface area contributed by atoms with Crippen molar-refractivity contribution in [1.29, 1.82) is 0 Å². The van der Waals surface area contributed by atoms with Crippen LogP contribution >= 0.6 is 0 Å². The number of unbranched alkanes of at least 4 members (excludes halogenated alkanes) is 5. The smallest absolute Gasteiger partial charge is 0.306 e. The molecule has 0 amide bonds. The zero-order valence-corrected chi connectivity index (χ0v) is 11.3. The van der Waals surface area contributed by atoms with Crippen molar-refractivity contribution in [3.8, 4) is 0 Å². The van der Waals surface area contributed by atoms with Crippen LogP contribution in [-0.4, -0.2) is 22.5 Å². The van der Waals surface area contributed by atoms with Crippen LogP contribution in [0, 0.1) is 0 Å². The van der Waals surface area contributed by atoms with Crippen molar-refractivity contribution in [3.05, 3.63) is 18.2 Å². The Morgan fingerprint density at radius 3 is 2.78 bits per heavy atom. The molecule has 0 spiro atoms. The highest BCUT2D eigenvalue weighted by Crippen LogP contribution is 2.05. The van der Waals surface area contributed by atoms with Gasteiger partial charge in [-0.3, -0.25) is 4.79 Å². The molecule has 0 aliphatic heterocycles.